The van der Waals surface area contributed by atoms with Gasteiger partial charge in [-0.3, -0.25) is 14.5 Å². The molecular formula is C30H38Cl2F3N3O4. The summed E-state index contributed by atoms with van der Waals surface area (Å²) in [6.45, 7) is 3.50. The molecule has 0 radical (unpaired) electrons. The SMILES string of the molecule is CN(C(=O)OC1CCC(C(F)(F)F)CC1)[C@@]1(C(=O)C2CCN(C(=O)C3(C)CC3)CC2)CNC[C@@H]1c1ccc(Cl)c(Cl)c1. The Labute approximate surface area is 254 Å². The summed E-state index contributed by atoms with van der Waals surface area (Å²) in [5, 5.41) is 3.99. The van der Waals surface area contributed by atoms with Crippen LogP contribution >= 0.6 is 23.2 Å². The van der Waals surface area contributed by atoms with Crippen LogP contribution in [0.1, 0.15) is 69.8 Å². The van der Waals surface area contributed by atoms with Crippen LogP contribution in [0.15, 0.2) is 18.2 Å². The number of benzene rings is 1. The predicted molar refractivity (Wildman–Crippen MR) is 153 cm³/mol. The number of rotatable bonds is 6. The lowest BCUT2D eigenvalue weighted by Gasteiger charge is -2.45. The van der Waals surface area contributed by atoms with E-state index < -0.39 is 35.7 Å². The van der Waals surface area contributed by atoms with Crippen molar-refractivity contribution in [2.24, 2.45) is 17.3 Å². The van der Waals surface area contributed by atoms with Gasteiger partial charge in [0.15, 0.2) is 5.78 Å². The molecule has 4 fully saturated rings. The Kier molecular flexibility index (Phi) is 8.82. The number of alkyl halides is 3. The Morgan fingerprint density at radius 1 is 1.02 bits per heavy atom. The molecule has 4 aliphatic rings. The minimum atomic E-state index is -4.26. The van der Waals surface area contributed by atoms with Gasteiger partial charge < -0.3 is 15.0 Å². The molecule has 12 heteroatoms. The van der Waals surface area contributed by atoms with E-state index in [0.29, 0.717) is 42.5 Å². The first-order valence-electron chi connectivity index (χ1n) is 14.8. The maximum absolute atomic E-state index is 14.6. The molecule has 0 bridgehead atoms. The van der Waals surface area contributed by atoms with Crippen LogP contribution in [0.3, 0.4) is 0 Å². The van der Waals surface area contributed by atoms with Gasteiger partial charge in [0.2, 0.25) is 5.91 Å². The number of nitrogens with one attached hydrogen (secondary N) is 1. The van der Waals surface area contributed by atoms with Crippen LogP contribution in [0.2, 0.25) is 10.0 Å². The molecule has 1 aromatic rings. The van der Waals surface area contributed by atoms with Gasteiger partial charge >= 0.3 is 12.3 Å². The van der Waals surface area contributed by atoms with Crippen LogP contribution in [0.5, 0.6) is 0 Å². The molecule has 2 saturated carbocycles. The fourth-order valence-corrected chi connectivity index (χ4v) is 7.28. The third kappa shape index (κ3) is 6.00. The lowest BCUT2D eigenvalue weighted by molar-refractivity contribution is -0.186. The number of ketones is 1. The summed E-state index contributed by atoms with van der Waals surface area (Å²) >= 11 is 12.5. The molecule has 0 aromatic heterocycles. The standard InChI is InChI=1S/C30H38Cl2F3N3O4/c1-28(11-12-28)26(40)38-13-9-18(10-14-38)25(39)29(17-36-16-22(29)19-3-8-23(31)24(32)15-19)37(2)27(41)42-21-6-4-20(5-7-21)30(33,34)35/h3,8,15,18,20-22,36H,4-7,9-14,16-17H2,1-2H3/t20?,21?,22-,29+/m1/s1. The number of carbonyl (C=O) groups is 3. The highest BCUT2D eigenvalue weighted by Crippen LogP contribution is 2.48. The topological polar surface area (TPSA) is 79.0 Å². The molecular weight excluding hydrogens is 594 g/mol. The van der Waals surface area contributed by atoms with E-state index in [1.165, 1.54) is 11.9 Å². The van der Waals surface area contributed by atoms with E-state index in [1.54, 1.807) is 18.2 Å². The third-order valence-corrected chi connectivity index (χ3v) is 10.8. The van der Waals surface area contributed by atoms with Crippen molar-refractivity contribution in [3.8, 4) is 0 Å². The number of Topliss-reactive ketones (excluding diaryl/α,β-unsaturated/α-hetero) is 1. The number of hydrogen-bond donors (Lipinski definition) is 1. The molecule has 2 aliphatic heterocycles. The number of hydrogen-bond acceptors (Lipinski definition) is 5. The van der Waals surface area contributed by atoms with E-state index in [0.717, 1.165) is 18.4 Å². The fraction of sp³-hybridized carbons (Fsp3) is 0.700. The van der Waals surface area contributed by atoms with Gasteiger partial charge in [-0.05, 0) is 69.1 Å². The Morgan fingerprint density at radius 2 is 1.67 bits per heavy atom. The van der Waals surface area contributed by atoms with Crippen molar-refractivity contribution in [3.05, 3.63) is 33.8 Å². The van der Waals surface area contributed by atoms with Crippen molar-refractivity contribution >= 4 is 41.0 Å². The smallest absolute Gasteiger partial charge is 0.410 e. The second-order valence-electron chi connectivity index (χ2n) is 12.7. The maximum atomic E-state index is 14.6. The number of ether oxygens (including phenoxy) is 1. The van der Waals surface area contributed by atoms with E-state index in [2.05, 4.69) is 5.32 Å². The molecule has 42 heavy (non-hydrogen) atoms. The number of piperidine rings is 1. The van der Waals surface area contributed by atoms with Crippen molar-refractivity contribution < 1.29 is 32.3 Å². The van der Waals surface area contributed by atoms with Crippen LogP contribution < -0.4 is 5.32 Å². The number of likely N-dealkylation sites (N-methyl/N-ethyl adjacent to an activating group) is 1. The van der Waals surface area contributed by atoms with Gasteiger partial charge in [0.05, 0.1) is 16.0 Å². The van der Waals surface area contributed by atoms with Crippen molar-refractivity contribution in [2.45, 2.75) is 82.0 Å². The average molecular weight is 633 g/mol. The largest absolute Gasteiger partial charge is 0.446 e. The summed E-state index contributed by atoms with van der Waals surface area (Å²) in [6.07, 6.45) is -2.87. The molecule has 5 rings (SSSR count). The Balaban J connectivity index is 1.37. The molecule has 7 nitrogen and oxygen atoms in total. The zero-order valence-corrected chi connectivity index (χ0v) is 25.5. The molecule has 2 aliphatic carbocycles. The molecule has 0 unspecified atom stereocenters. The molecule has 2 saturated heterocycles. The minimum Gasteiger partial charge on any atom is -0.446 e. The van der Waals surface area contributed by atoms with E-state index in [9.17, 15) is 27.6 Å². The second-order valence-corrected chi connectivity index (χ2v) is 13.5. The number of carbonyl (C=O) groups excluding carboxylic acids is 3. The van der Waals surface area contributed by atoms with Gasteiger partial charge in [0.25, 0.3) is 0 Å². The number of halogens is 5. The lowest BCUT2D eigenvalue weighted by Crippen LogP contribution is -2.62. The summed E-state index contributed by atoms with van der Waals surface area (Å²) in [4.78, 5) is 44.3. The van der Waals surface area contributed by atoms with Gasteiger partial charge in [-0.2, -0.15) is 13.2 Å². The molecule has 232 valence electrons. The third-order valence-electron chi connectivity index (χ3n) is 10.0. The molecule has 2 atom stereocenters. The van der Waals surface area contributed by atoms with Crippen LogP contribution in [-0.4, -0.2) is 78.6 Å². The zero-order chi connectivity index (χ0) is 30.4. The zero-order valence-electron chi connectivity index (χ0n) is 23.9. The van der Waals surface area contributed by atoms with E-state index in [4.69, 9.17) is 27.9 Å². The first-order chi connectivity index (χ1) is 19.8. The van der Waals surface area contributed by atoms with Crippen LogP contribution in [0.4, 0.5) is 18.0 Å². The molecule has 1 aromatic carbocycles. The van der Waals surface area contributed by atoms with Gasteiger partial charge in [0.1, 0.15) is 11.6 Å². The maximum Gasteiger partial charge on any atom is 0.410 e. The minimum absolute atomic E-state index is 0.0982. The van der Waals surface area contributed by atoms with Gasteiger partial charge in [-0.25, -0.2) is 4.79 Å². The molecule has 0 spiro atoms. The average Bonchev–Trinajstić information content (AvgIpc) is 3.56. The van der Waals surface area contributed by atoms with E-state index >= 15 is 0 Å². The summed E-state index contributed by atoms with van der Waals surface area (Å²) < 4.78 is 45.2. The Hall–Kier alpha value is -2.04. The molecule has 2 heterocycles. The highest BCUT2D eigenvalue weighted by atomic mass is 35.5. The monoisotopic (exact) mass is 631 g/mol. The number of amides is 2. The summed E-state index contributed by atoms with van der Waals surface area (Å²) in [7, 11) is 1.53. The van der Waals surface area contributed by atoms with Gasteiger partial charge in [-0.15, -0.1) is 0 Å². The summed E-state index contributed by atoms with van der Waals surface area (Å²) in [5.74, 6) is -2.22. The van der Waals surface area contributed by atoms with Crippen LogP contribution in [-0.2, 0) is 14.3 Å². The van der Waals surface area contributed by atoms with E-state index in [1.807, 2.05) is 11.8 Å². The second kappa shape index (κ2) is 11.8. The van der Waals surface area contributed by atoms with Crippen LogP contribution in [0.25, 0.3) is 0 Å². The lowest BCUT2D eigenvalue weighted by atomic mass is 9.72. The number of nitrogens with zero attached hydrogens (tertiary/aromatic N) is 2. The predicted octanol–water partition coefficient (Wildman–Crippen LogP) is 6.22. The quantitative estimate of drug-likeness (QED) is 0.403. The van der Waals surface area contributed by atoms with Crippen molar-refractivity contribution in [3.63, 3.8) is 0 Å². The Bertz CT molecular complexity index is 1210. The van der Waals surface area contributed by atoms with E-state index in [-0.39, 0.29) is 55.3 Å². The van der Waals surface area contributed by atoms with Crippen molar-refractivity contribution in [2.75, 3.05) is 33.2 Å². The van der Waals surface area contributed by atoms with Gasteiger partial charge in [-0.1, -0.05) is 36.2 Å². The Morgan fingerprint density at radius 3 is 2.24 bits per heavy atom. The summed E-state index contributed by atoms with van der Waals surface area (Å²) in [5.41, 5.74) is -0.867. The molecule has 1 N–H and O–H groups in total. The van der Waals surface area contributed by atoms with Crippen molar-refractivity contribution in [1.82, 2.24) is 15.1 Å². The first kappa shape index (κ1) is 31.4. The van der Waals surface area contributed by atoms with Crippen LogP contribution in [0, 0.1) is 17.3 Å². The summed E-state index contributed by atoms with van der Waals surface area (Å²) in [6, 6.07) is 5.16. The van der Waals surface area contributed by atoms with Crippen molar-refractivity contribution in [1.29, 1.82) is 0 Å². The van der Waals surface area contributed by atoms with Gasteiger partial charge in [0, 0.05) is 50.5 Å². The first-order valence-corrected chi connectivity index (χ1v) is 15.5. The number of likely N-dealkylation sites (tertiary alicyclic amines) is 1. The fourth-order valence-electron chi connectivity index (χ4n) is 6.97. The highest BCUT2D eigenvalue weighted by molar-refractivity contribution is 6.42. The molecule has 2 amide bonds. The normalized spacial score (nSPS) is 29.7. The highest BCUT2D eigenvalue weighted by Gasteiger charge is 2.57.